The van der Waals surface area contributed by atoms with Gasteiger partial charge in [0.25, 0.3) is 5.91 Å². The SMILES string of the molecule is CNC(=O)NC(=O)[C@H](C)OC(=O)/C=C/c1c(C)nn(-c2ccc(F)cc2)c1Cl. The predicted molar refractivity (Wildman–Crippen MR) is 100 cm³/mol. The van der Waals surface area contributed by atoms with E-state index in [2.05, 4.69) is 10.4 Å². The van der Waals surface area contributed by atoms with Gasteiger partial charge in [-0.2, -0.15) is 5.10 Å². The van der Waals surface area contributed by atoms with Crippen LogP contribution in [0.15, 0.2) is 30.3 Å². The van der Waals surface area contributed by atoms with E-state index in [-0.39, 0.29) is 11.0 Å². The second-order valence-corrected chi connectivity index (χ2v) is 6.02. The summed E-state index contributed by atoms with van der Waals surface area (Å²) >= 11 is 6.31. The first kappa shape index (κ1) is 21.1. The fourth-order valence-electron chi connectivity index (χ4n) is 2.15. The first-order valence-electron chi connectivity index (χ1n) is 8.15. The summed E-state index contributed by atoms with van der Waals surface area (Å²) in [6.07, 6.45) is 1.32. The maximum absolute atomic E-state index is 13.1. The van der Waals surface area contributed by atoms with E-state index in [1.807, 2.05) is 5.32 Å². The van der Waals surface area contributed by atoms with Crippen molar-refractivity contribution in [2.75, 3.05) is 7.05 Å². The molecule has 0 aliphatic heterocycles. The molecule has 0 saturated carbocycles. The zero-order valence-corrected chi connectivity index (χ0v) is 16.1. The summed E-state index contributed by atoms with van der Waals surface area (Å²) in [5, 5.41) is 8.70. The lowest BCUT2D eigenvalue weighted by molar-refractivity contribution is -0.149. The van der Waals surface area contributed by atoms with Crippen LogP contribution in [0.25, 0.3) is 11.8 Å². The number of hydrogen-bond donors (Lipinski definition) is 2. The van der Waals surface area contributed by atoms with Gasteiger partial charge in [-0.15, -0.1) is 0 Å². The van der Waals surface area contributed by atoms with Crippen LogP contribution in [0.5, 0.6) is 0 Å². The third-order valence-corrected chi connectivity index (χ3v) is 3.99. The molecule has 0 fully saturated rings. The van der Waals surface area contributed by atoms with Gasteiger partial charge in [0.05, 0.1) is 11.4 Å². The first-order chi connectivity index (χ1) is 13.2. The molecule has 1 heterocycles. The van der Waals surface area contributed by atoms with Crippen LogP contribution < -0.4 is 10.6 Å². The van der Waals surface area contributed by atoms with Gasteiger partial charge < -0.3 is 10.1 Å². The number of carbonyl (C=O) groups is 3. The molecule has 2 rings (SSSR count). The summed E-state index contributed by atoms with van der Waals surface area (Å²) in [6, 6.07) is 4.88. The van der Waals surface area contributed by atoms with E-state index in [1.54, 1.807) is 6.92 Å². The predicted octanol–water partition coefficient (Wildman–Crippen LogP) is 2.37. The van der Waals surface area contributed by atoms with Gasteiger partial charge in [0.1, 0.15) is 11.0 Å². The fourth-order valence-corrected chi connectivity index (χ4v) is 2.48. The Balaban J connectivity index is 2.09. The van der Waals surface area contributed by atoms with E-state index < -0.39 is 24.0 Å². The van der Waals surface area contributed by atoms with E-state index in [0.717, 1.165) is 6.08 Å². The third-order valence-electron chi connectivity index (χ3n) is 3.63. The Morgan fingerprint density at radius 3 is 2.54 bits per heavy atom. The zero-order valence-electron chi connectivity index (χ0n) is 15.3. The minimum Gasteiger partial charge on any atom is -0.449 e. The number of ether oxygens (including phenoxy) is 1. The van der Waals surface area contributed by atoms with Crippen LogP contribution in [0, 0.1) is 12.7 Å². The lowest BCUT2D eigenvalue weighted by Gasteiger charge is -2.11. The standard InChI is InChI=1S/C18H18ClFN4O4/c1-10-14(16(19)24(23-10)13-6-4-12(20)5-7-13)8-9-15(25)28-11(2)17(26)22-18(27)21-3/h4-9,11H,1-3H3,(H2,21,22,26,27)/b9-8+/t11-/m0/s1. The zero-order chi connectivity index (χ0) is 20.8. The molecule has 148 valence electrons. The highest BCUT2D eigenvalue weighted by Crippen LogP contribution is 2.24. The van der Waals surface area contributed by atoms with Crippen LogP contribution in [-0.4, -0.2) is 40.8 Å². The number of carbonyl (C=O) groups excluding carboxylic acids is 3. The highest BCUT2D eigenvalue weighted by Gasteiger charge is 2.19. The molecule has 0 aliphatic carbocycles. The summed E-state index contributed by atoms with van der Waals surface area (Å²) in [5.74, 6) is -1.95. The Morgan fingerprint density at radius 1 is 1.29 bits per heavy atom. The maximum atomic E-state index is 13.1. The van der Waals surface area contributed by atoms with Crippen LogP contribution >= 0.6 is 11.6 Å². The molecule has 0 bridgehead atoms. The van der Waals surface area contributed by atoms with E-state index >= 15 is 0 Å². The average Bonchev–Trinajstić information content (AvgIpc) is 2.94. The second-order valence-electron chi connectivity index (χ2n) is 5.66. The summed E-state index contributed by atoms with van der Waals surface area (Å²) in [4.78, 5) is 34.7. The molecule has 0 aliphatic rings. The van der Waals surface area contributed by atoms with Crippen molar-refractivity contribution < 1.29 is 23.5 Å². The highest BCUT2D eigenvalue weighted by molar-refractivity contribution is 6.31. The number of nitrogens with zero attached hydrogens (tertiary/aromatic N) is 2. The van der Waals surface area contributed by atoms with E-state index in [1.165, 1.54) is 49.0 Å². The Bertz CT molecular complexity index is 924. The normalized spacial score (nSPS) is 11.9. The molecule has 2 aromatic rings. The van der Waals surface area contributed by atoms with Crippen LogP contribution in [-0.2, 0) is 14.3 Å². The number of rotatable bonds is 5. The minimum absolute atomic E-state index is 0.221. The topological polar surface area (TPSA) is 102 Å². The Morgan fingerprint density at radius 2 is 1.93 bits per heavy atom. The van der Waals surface area contributed by atoms with E-state index in [9.17, 15) is 18.8 Å². The number of imide groups is 1. The second kappa shape index (κ2) is 9.14. The molecule has 8 nitrogen and oxygen atoms in total. The average molecular weight is 409 g/mol. The van der Waals surface area contributed by atoms with Gasteiger partial charge in [-0.05, 0) is 44.2 Å². The largest absolute Gasteiger partial charge is 0.449 e. The van der Waals surface area contributed by atoms with Crippen LogP contribution in [0.2, 0.25) is 5.15 Å². The minimum atomic E-state index is -1.17. The van der Waals surface area contributed by atoms with Crippen molar-refractivity contribution in [1.29, 1.82) is 0 Å². The monoisotopic (exact) mass is 408 g/mol. The molecule has 1 aromatic heterocycles. The number of benzene rings is 1. The number of aromatic nitrogens is 2. The van der Waals surface area contributed by atoms with Crippen LogP contribution in [0.4, 0.5) is 9.18 Å². The maximum Gasteiger partial charge on any atom is 0.331 e. The van der Waals surface area contributed by atoms with Gasteiger partial charge in [-0.1, -0.05) is 11.6 Å². The number of hydrogen-bond acceptors (Lipinski definition) is 5. The lowest BCUT2D eigenvalue weighted by atomic mass is 10.2. The Hall–Kier alpha value is -3.20. The Kier molecular flexibility index (Phi) is 6.89. The summed E-state index contributed by atoms with van der Waals surface area (Å²) in [5.41, 5.74) is 1.55. The molecule has 0 saturated heterocycles. The molecule has 1 aromatic carbocycles. The van der Waals surface area contributed by atoms with Gasteiger partial charge >= 0.3 is 12.0 Å². The van der Waals surface area contributed by atoms with Crippen LogP contribution in [0.1, 0.15) is 18.2 Å². The smallest absolute Gasteiger partial charge is 0.331 e. The third kappa shape index (κ3) is 5.17. The van der Waals surface area contributed by atoms with Crippen molar-refractivity contribution in [3.8, 4) is 5.69 Å². The van der Waals surface area contributed by atoms with E-state index in [4.69, 9.17) is 16.3 Å². The van der Waals surface area contributed by atoms with Gasteiger partial charge in [0.2, 0.25) is 0 Å². The quantitative estimate of drug-likeness (QED) is 0.584. The molecular weight excluding hydrogens is 391 g/mol. The molecule has 28 heavy (non-hydrogen) atoms. The van der Waals surface area contributed by atoms with Gasteiger partial charge in [-0.3, -0.25) is 10.1 Å². The van der Waals surface area contributed by atoms with Crippen molar-refractivity contribution in [2.24, 2.45) is 0 Å². The fraction of sp³-hybridized carbons (Fsp3) is 0.222. The van der Waals surface area contributed by atoms with Crippen LogP contribution in [0.3, 0.4) is 0 Å². The van der Waals surface area contributed by atoms with Gasteiger partial charge in [-0.25, -0.2) is 18.7 Å². The van der Waals surface area contributed by atoms with Crippen molar-refractivity contribution in [1.82, 2.24) is 20.4 Å². The highest BCUT2D eigenvalue weighted by atomic mass is 35.5. The van der Waals surface area contributed by atoms with Gasteiger partial charge in [0, 0.05) is 18.7 Å². The van der Waals surface area contributed by atoms with E-state index in [0.29, 0.717) is 16.9 Å². The van der Waals surface area contributed by atoms with Crippen molar-refractivity contribution in [3.05, 3.63) is 52.6 Å². The lowest BCUT2D eigenvalue weighted by Crippen LogP contribution is -2.43. The summed E-state index contributed by atoms with van der Waals surface area (Å²) in [6.45, 7) is 3.02. The molecular formula is C18H18ClFN4O4. The number of nitrogens with one attached hydrogen (secondary N) is 2. The number of esters is 1. The van der Waals surface area contributed by atoms with Crippen molar-refractivity contribution >= 4 is 35.6 Å². The summed E-state index contributed by atoms with van der Waals surface area (Å²) in [7, 11) is 1.35. The molecule has 2 N–H and O–H groups in total. The Labute approximate surface area is 165 Å². The summed E-state index contributed by atoms with van der Waals surface area (Å²) < 4.78 is 19.4. The molecule has 1 atom stereocenters. The first-order valence-corrected chi connectivity index (χ1v) is 8.53. The molecule has 0 radical (unpaired) electrons. The molecule has 3 amide bonds. The molecule has 0 spiro atoms. The van der Waals surface area contributed by atoms with Crippen molar-refractivity contribution in [3.63, 3.8) is 0 Å². The molecule has 0 unspecified atom stereocenters. The number of aryl methyl sites for hydroxylation is 1. The molecule has 10 heteroatoms. The number of halogens is 2. The number of urea groups is 1. The number of amides is 3. The van der Waals surface area contributed by atoms with Crippen molar-refractivity contribution in [2.45, 2.75) is 20.0 Å². The van der Waals surface area contributed by atoms with Gasteiger partial charge in [0.15, 0.2) is 6.10 Å².